The Bertz CT molecular complexity index is 1110. The van der Waals surface area contributed by atoms with Gasteiger partial charge in [0.15, 0.2) is 5.78 Å². The third kappa shape index (κ3) is 5.12. The monoisotopic (exact) mass is 474 g/mol. The van der Waals surface area contributed by atoms with Crippen molar-refractivity contribution in [2.45, 2.75) is 38.3 Å². The van der Waals surface area contributed by atoms with Gasteiger partial charge >= 0.3 is 12.4 Å². The molecule has 0 N–H and O–H groups in total. The zero-order valence-electron chi connectivity index (χ0n) is 17.0. The first-order valence-corrected chi connectivity index (χ1v) is 10.1. The summed E-state index contributed by atoms with van der Waals surface area (Å²) in [6.07, 6.45) is -10.1. The van der Waals surface area contributed by atoms with Gasteiger partial charge in [0.2, 0.25) is 5.16 Å². The molecule has 0 atom stereocenters. The quantitative estimate of drug-likeness (QED) is 0.274. The Morgan fingerprint density at radius 3 is 1.94 bits per heavy atom. The Balaban J connectivity index is 1.89. The van der Waals surface area contributed by atoms with Gasteiger partial charge in [-0.2, -0.15) is 31.0 Å². The molecule has 0 radical (unpaired) electrons. The molecule has 0 fully saturated rings. The number of aryl methyl sites for hydroxylation is 3. The molecule has 3 aromatic rings. The van der Waals surface area contributed by atoms with Crippen molar-refractivity contribution in [3.8, 4) is 5.69 Å². The molecule has 1 heterocycles. The number of rotatable bonds is 5. The number of alkyl halides is 6. The lowest BCUT2D eigenvalue weighted by atomic mass is 10.0. The molecule has 1 aromatic heterocycles. The number of tetrazole rings is 1. The molecule has 0 aliphatic carbocycles. The minimum absolute atomic E-state index is 0.0204. The summed E-state index contributed by atoms with van der Waals surface area (Å²) in [4.78, 5) is 12.5. The van der Waals surface area contributed by atoms with E-state index in [1.807, 2.05) is 32.9 Å². The van der Waals surface area contributed by atoms with Crippen LogP contribution in [0.5, 0.6) is 0 Å². The number of thioether (sulfide) groups is 1. The first-order valence-electron chi connectivity index (χ1n) is 9.09. The van der Waals surface area contributed by atoms with Crippen LogP contribution in [0, 0.1) is 20.8 Å². The molecule has 32 heavy (non-hydrogen) atoms. The highest BCUT2D eigenvalue weighted by Gasteiger charge is 2.37. The Hall–Kier alpha value is -2.89. The molecule has 0 bridgehead atoms. The molecule has 0 spiro atoms. The standard InChI is InChI=1S/C20H16F6N4OS/c1-10-4-11(2)17(12(3)5-10)30-18(27-28-29-30)32-9-16(31)13-6-14(19(21,22)23)8-15(7-13)20(24,25)26/h4-8H,9H2,1-3H3. The molecule has 170 valence electrons. The fourth-order valence-electron chi connectivity index (χ4n) is 3.25. The van der Waals surface area contributed by atoms with Crippen molar-refractivity contribution in [1.82, 2.24) is 20.2 Å². The summed E-state index contributed by atoms with van der Waals surface area (Å²) in [5, 5.41) is 11.5. The van der Waals surface area contributed by atoms with Gasteiger partial charge in [-0.3, -0.25) is 4.79 Å². The summed E-state index contributed by atoms with van der Waals surface area (Å²) in [7, 11) is 0. The zero-order chi connectivity index (χ0) is 23.8. The third-order valence-electron chi connectivity index (χ3n) is 4.53. The fraction of sp³-hybridized carbons (Fsp3) is 0.300. The minimum Gasteiger partial charge on any atom is -0.293 e. The largest absolute Gasteiger partial charge is 0.416 e. The van der Waals surface area contributed by atoms with Crippen LogP contribution in [0.2, 0.25) is 0 Å². The molecular formula is C20H16F6N4OS. The van der Waals surface area contributed by atoms with Crippen molar-refractivity contribution in [3.05, 3.63) is 63.7 Å². The second-order valence-electron chi connectivity index (χ2n) is 7.13. The summed E-state index contributed by atoms with van der Waals surface area (Å²) in [5.41, 5.74) is -0.374. The molecule has 0 saturated carbocycles. The van der Waals surface area contributed by atoms with Gasteiger partial charge in [0.05, 0.1) is 22.6 Å². The average molecular weight is 474 g/mol. The number of carbonyl (C=O) groups excluding carboxylic acids is 1. The highest BCUT2D eigenvalue weighted by atomic mass is 32.2. The lowest BCUT2D eigenvalue weighted by molar-refractivity contribution is -0.143. The van der Waals surface area contributed by atoms with Crippen molar-refractivity contribution in [1.29, 1.82) is 0 Å². The van der Waals surface area contributed by atoms with Crippen LogP contribution in [-0.4, -0.2) is 31.7 Å². The van der Waals surface area contributed by atoms with E-state index in [-0.39, 0.29) is 11.2 Å². The van der Waals surface area contributed by atoms with Crippen LogP contribution in [0.4, 0.5) is 26.3 Å². The van der Waals surface area contributed by atoms with Crippen molar-refractivity contribution < 1.29 is 31.1 Å². The lowest BCUT2D eigenvalue weighted by Gasteiger charge is -2.14. The number of hydrogen-bond acceptors (Lipinski definition) is 5. The lowest BCUT2D eigenvalue weighted by Crippen LogP contribution is -2.14. The first kappa shape index (κ1) is 23.8. The highest BCUT2D eigenvalue weighted by molar-refractivity contribution is 7.99. The molecule has 0 unspecified atom stereocenters. The van der Waals surface area contributed by atoms with Crippen molar-refractivity contribution in [3.63, 3.8) is 0 Å². The maximum absolute atomic E-state index is 13.0. The number of hydrogen-bond donors (Lipinski definition) is 0. The maximum Gasteiger partial charge on any atom is 0.416 e. The van der Waals surface area contributed by atoms with E-state index in [9.17, 15) is 31.1 Å². The summed E-state index contributed by atoms with van der Waals surface area (Å²) >= 11 is 0.815. The Morgan fingerprint density at radius 1 is 0.906 bits per heavy atom. The molecule has 0 aliphatic rings. The molecule has 12 heteroatoms. The van der Waals surface area contributed by atoms with Gasteiger partial charge in [0.1, 0.15) is 0 Å². The summed E-state index contributed by atoms with van der Waals surface area (Å²) < 4.78 is 79.6. The first-order chi connectivity index (χ1) is 14.8. The van der Waals surface area contributed by atoms with Gasteiger partial charge < -0.3 is 0 Å². The number of aromatic nitrogens is 4. The van der Waals surface area contributed by atoms with E-state index in [1.54, 1.807) is 0 Å². The molecule has 3 rings (SSSR count). The highest BCUT2D eigenvalue weighted by Crippen LogP contribution is 2.36. The number of ketones is 1. The van der Waals surface area contributed by atoms with Crippen LogP contribution in [0.3, 0.4) is 0 Å². The smallest absolute Gasteiger partial charge is 0.293 e. The van der Waals surface area contributed by atoms with E-state index in [2.05, 4.69) is 15.5 Å². The molecule has 0 amide bonds. The van der Waals surface area contributed by atoms with Gasteiger partial charge in [-0.1, -0.05) is 29.5 Å². The summed E-state index contributed by atoms with van der Waals surface area (Å²) in [5.74, 6) is -1.37. The van der Waals surface area contributed by atoms with E-state index in [1.165, 1.54) is 4.68 Å². The van der Waals surface area contributed by atoms with Crippen LogP contribution in [0.15, 0.2) is 35.5 Å². The van der Waals surface area contributed by atoms with E-state index < -0.39 is 40.6 Å². The SMILES string of the molecule is Cc1cc(C)c(-n2nnnc2SCC(=O)c2cc(C(F)(F)F)cc(C(F)(F)F)c2)c(C)c1. The van der Waals surface area contributed by atoms with Gasteiger partial charge in [0, 0.05) is 5.56 Å². The Labute approximate surface area is 182 Å². The van der Waals surface area contributed by atoms with Crippen molar-refractivity contribution >= 4 is 17.5 Å². The van der Waals surface area contributed by atoms with Gasteiger partial charge in [-0.05, 0) is 60.5 Å². The van der Waals surface area contributed by atoms with Gasteiger partial charge in [-0.15, -0.1) is 5.10 Å². The fourth-order valence-corrected chi connectivity index (χ4v) is 4.02. The molecule has 2 aromatic carbocycles. The van der Waals surface area contributed by atoms with Crippen molar-refractivity contribution in [2.75, 3.05) is 5.75 Å². The molecule has 0 saturated heterocycles. The van der Waals surface area contributed by atoms with Gasteiger partial charge in [0.25, 0.3) is 0 Å². The molecule has 5 nitrogen and oxygen atoms in total. The van der Waals surface area contributed by atoms with E-state index in [0.717, 1.165) is 28.5 Å². The Kier molecular flexibility index (Phi) is 6.36. The molecule has 0 aliphatic heterocycles. The predicted molar refractivity (Wildman–Crippen MR) is 105 cm³/mol. The van der Waals surface area contributed by atoms with Crippen molar-refractivity contribution in [2.24, 2.45) is 0 Å². The third-order valence-corrected chi connectivity index (χ3v) is 5.45. The average Bonchev–Trinajstić information content (AvgIpc) is 3.11. The molecular weight excluding hydrogens is 458 g/mol. The normalized spacial score (nSPS) is 12.3. The number of Topliss-reactive ketones (excluding diaryl/α,β-unsaturated/α-hetero) is 1. The summed E-state index contributed by atoms with van der Waals surface area (Å²) in [6, 6.07) is 4.62. The minimum atomic E-state index is -5.03. The number of halogens is 6. The maximum atomic E-state index is 13.0. The predicted octanol–water partition coefficient (Wildman–Crippen LogP) is 5.60. The van der Waals surface area contributed by atoms with Crippen LogP contribution in [0.25, 0.3) is 5.69 Å². The van der Waals surface area contributed by atoms with Gasteiger partial charge in [-0.25, -0.2) is 0 Å². The summed E-state index contributed by atoms with van der Waals surface area (Å²) in [6.45, 7) is 5.61. The van der Waals surface area contributed by atoms with Crippen LogP contribution in [-0.2, 0) is 12.4 Å². The van der Waals surface area contributed by atoms with Crippen LogP contribution < -0.4 is 0 Å². The second-order valence-corrected chi connectivity index (χ2v) is 8.07. The number of carbonyl (C=O) groups is 1. The van der Waals surface area contributed by atoms with E-state index in [4.69, 9.17) is 0 Å². The number of nitrogens with zero attached hydrogens (tertiary/aromatic N) is 4. The van der Waals surface area contributed by atoms with E-state index >= 15 is 0 Å². The van der Waals surface area contributed by atoms with E-state index in [0.29, 0.717) is 17.8 Å². The van der Waals surface area contributed by atoms with Crippen LogP contribution in [0.1, 0.15) is 38.2 Å². The second kappa shape index (κ2) is 8.57. The Morgan fingerprint density at radius 2 is 1.44 bits per heavy atom. The topological polar surface area (TPSA) is 60.7 Å². The number of benzene rings is 2. The van der Waals surface area contributed by atoms with Crippen LogP contribution >= 0.6 is 11.8 Å². The zero-order valence-corrected chi connectivity index (χ0v) is 17.8.